The van der Waals surface area contributed by atoms with E-state index in [-0.39, 0.29) is 6.54 Å². The number of ether oxygens (including phenoxy) is 1. The first-order chi connectivity index (χ1) is 7.22. The van der Waals surface area contributed by atoms with E-state index in [4.69, 9.17) is 9.84 Å². The zero-order valence-electron chi connectivity index (χ0n) is 9.45. The quantitative estimate of drug-likeness (QED) is 0.723. The lowest BCUT2D eigenvalue weighted by atomic mass is 10.0. The lowest BCUT2D eigenvalue weighted by Gasteiger charge is -2.28. The molecule has 4 heteroatoms. The first-order valence-electron chi connectivity index (χ1n) is 5.74. The molecule has 1 aliphatic heterocycles. The van der Waals surface area contributed by atoms with E-state index < -0.39 is 5.97 Å². The summed E-state index contributed by atoms with van der Waals surface area (Å²) in [5.41, 5.74) is 0. The summed E-state index contributed by atoms with van der Waals surface area (Å²) >= 11 is 0. The number of hydrogen-bond acceptors (Lipinski definition) is 3. The predicted molar refractivity (Wildman–Crippen MR) is 57.9 cm³/mol. The minimum absolute atomic E-state index is 0.157. The van der Waals surface area contributed by atoms with Crippen LogP contribution in [0.3, 0.4) is 0 Å². The largest absolute Gasteiger partial charge is 0.480 e. The fourth-order valence-electron chi connectivity index (χ4n) is 2.06. The van der Waals surface area contributed by atoms with Crippen molar-refractivity contribution in [3.63, 3.8) is 0 Å². The number of carbonyl (C=O) groups is 1. The van der Waals surface area contributed by atoms with Gasteiger partial charge in [0, 0.05) is 13.2 Å². The van der Waals surface area contributed by atoms with Gasteiger partial charge in [0.2, 0.25) is 0 Å². The first kappa shape index (κ1) is 12.5. The highest BCUT2D eigenvalue weighted by Gasteiger charge is 2.18. The summed E-state index contributed by atoms with van der Waals surface area (Å²) in [5, 5.41) is 8.77. The van der Waals surface area contributed by atoms with Crippen molar-refractivity contribution in [2.75, 3.05) is 32.8 Å². The molecule has 0 bridgehead atoms. The van der Waals surface area contributed by atoms with Crippen LogP contribution >= 0.6 is 0 Å². The molecular formula is C11H21NO3. The molecule has 0 aromatic heterocycles. The molecule has 0 aliphatic carbocycles. The van der Waals surface area contributed by atoms with E-state index in [1.165, 1.54) is 6.42 Å². The molecule has 0 saturated carbocycles. The molecule has 1 heterocycles. The van der Waals surface area contributed by atoms with Crippen molar-refractivity contribution >= 4 is 5.97 Å². The summed E-state index contributed by atoms with van der Waals surface area (Å²) < 4.78 is 5.39. The monoisotopic (exact) mass is 215 g/mol. The lowest BCUT2D eigenvalue weighted by molar-refractivity contribution is -0.138. The van der Waals surface area contributed by atoms with E-state index in [0.29, 0.717) is 5.92 Å². The molecule has 1 saturated heterocycles. The standard InChI is InChI=1S/C11H21NO3/c1-2-5-12(8-11(13)14)7-10-4-3-6-15-9-10/h10H,2-9H2,1H3,(H,13,14). The Hall–Kier alpha value is -0.610. The zero-order valence-corrected chi connectivity index (χ0v) is 9.45. The molecule has 4 nitrogen and oxygen atoms in total. The van der Waals surface area contributed by atoms with Crippen molar-refractivity contribution in [3.05, 3.63) is 0 Å². The van der Waals surface area contributed by atoms with Crippen LogP contribution in [0.2, 0.25) is 0 Å². The van der Waals surface area contributed by atoms with E-state index in [1.54, 1.807) is 0 Å². The molecule has 15 heavy (non-hydrogen) atoms. The van der Waals surface area contributed by atoms with E-state index in [9.17, 15) is 4.79 Å². The van der Waals surface area contributed by atoms with Gasteiger partial charge in [0.15, 0.2) is 0 Å². The maximum absolute atomic E-state index is 10.7. The van der Waals surface area contributed by atoms with Crippen LogP contribution in [0.15, 0.2) is 0 Å². The summed E-state index contributed by atoms with van der Waals surface area (Å²) in [6, 6.07) is 0. The third kappa shape index (κ3) is 5.14. The van der Waals surface area contributed by atoms with Gasteiger partial charge in [-0.1, -0.05) is 6.92 Å². The normalized spacial score (nSPS) is 21.9. The highest BCUT2D eigenvalue weighted by atomic mass is 16.5. The first-order valence-corrected chi connectivity index (χ1v) is 5.74. The van der Waals surface area contributed by atoms with Crippen LogP contribution in [-0.4, -0.2) is 48.8 Å². The zero-order chi connectivity index (χ0) is 11.1. The summed E-state index contributed by atoms with van der Waals surface area (Å²) in [5.74, 6) is -0.218. The van der Waals surface area contributed by atoms with E-state index in [2.05, 4.69) is 6.92 Å². The SMILES string of the molecule is CCCN(CC(=O)O)CC1CCCOC1. The molecule has 1 atom stereocenters. The van der Waals surface area contributed by atoms with Gasteiger partial charge < -0.3 is 9.84 Å². The van der Waals surface area contributed by atoms with Gasteiger partial charge in [0.1, 0.15) is 0 Å². The van der Waals surface area contributed by atoms with E-state index in [0.717, 1.165) is 39.1 Å². The highest BCUT2D eigenvalue weighted by molar-refractivity contribution is 5.69. The van der Waals surface area contributed by atoms with Crippen LogP contribution < -0.4 is 0 Å². The molecule has 1 aliphatic rings. The summed E-state index contributed by atoms with van der Waals surface area (Å²) in [4.78, 5) is 12.7. The molecule has 0 aromatic rings. The molecular weight excluding hydrogens is 194 g/mol. The number of carboxylic acids is 1. The Morgan fingerprint density at radius 1 is 1.60 bits per heavy atom. The topological polar surface area (TPSA) is 49.8 Å². The number of hydrogen-bond donors (Lipinski definition) is 1. The predicted octanol–water partition coefficient (Wildman–Crippen LogP) is 1.21. The van der Waals surface area contributed by atoms with Crippen LogP contribution in [0.4, 0.5) is 0 Å². The molecule has 0 radical (unpaired) electrons. The maximum Gasteiger partial charge on any atom is 0.317 e. The minimum atomic E-state index is -0.736. The van der Waals surface area contributed by atoms with Crippen molar-refractivity contribution in [2.45, 2.75) is 26.2 Å². The molecule has 1 N–H and O–H groups in total. The Labute approximate surface area is 91.2 Å². The molecule has 0 aromatic carbocycles. The Morgan fingerprint density at radius 2 is 2.40 bits per heavy atom. The summed E-state index contributed by atoms with van der Waals surface area (Å²) in [7, 11) is 0. The molecule has 0 spiro atoms. The van der Waals surface area contributed by atoms with Crippen molar-refractivity contribution in [1.82, 2.24) is 4.90 Å². The van der Waals surface area contributed by atoms with Crippen molar-refractivity contribution in [3.8, 4) is 0 Å². The van der Waals surface area contributed by atoms with E-state index >= 15 is 0 Å². The number of nitrogens with zero attached hydrogens (tertiary/aromatic N) is 1. The van der Waals surface area contributed by atoms with Crippen LogP contribution in [0.1, 0.15) is 26.2 Å². The average Bonchev–Trinajstić information content (AvgIpc) is 2.18. The van der Waals surface area contributed by atoms with Crippen LogP contribution in [0, 0.1) is 5.92 Å². The van der Waals surface area contributed by atoms with E-state index in [1.807, 2.05) is 4.90 Å². The summed E-state index contributed by atoms with van der Waals surface area (Å²) in [6.45, 7) is 5.61. The van der Waals surface area contributed by atoms with Crippen molar-refractivity contribution in [2.24, 2.45) is 5.92 Å². The third-order valence-corrected chi connectivity index (χ3v) is 2.67. The second kappa shape index (κ2) is 6.80. The van der Waals surface area contributed by atoms with Crippen LogP contribution in [0.5, 0.6) is 0 Å². The third-order valence-electron chi connectivity index (χ3n) is 2.67. The molecule has 0 amide bonds. The fraction of sp³-hybridized carbons (Fsp3) is 0.909. The second-order valence-corrected chi connectivity index (χ2v) is 4.21. The maximum atomic E-state index is 10.7. The van der Waals surface area contributed by atoms with Gasteiger partial charge in [0.05, 0.1) is 13.2 Å². The van der Waals surface area contributed by atoms with Crippen molar-refractivity contribution in [1.29, 1.82) is 0 Å². The highest BCUT2D eigenvalue weighted by Crippen LogP contribution is 2.14. The van der Waals surface area contributed by atoms with Gasteiger partial charge in [-0.05, 0) is 31.7 Å². The Bertz CT molecular complexity index is 190. The van der Waals surface area contributed by atoms with Gasteiger partial charge in [-0.2, -0.15) is 0 Å². The summed E-state index contributed by atoms with van der Waals surface area (Å²) in [6.07, 6.45) is 3.28. The van der Waals surface area contributed by atoms with Crippen LogP contribution in [0.25, 0.3) is 0 Å². The second-order valence-electron chi connectivity index (χ2n) is 4.21. The average molecular weight is 215 g/mol. The fourth-order valence-corrected chi connectivity index (χ4v) is 2.06. The molecule has 1 rings (SSSR count). The van der Waals surface area contributed by atoms with Crippen molar-refractivity contribution < 1.29 is 14.6 Å². The number of rotatable bonds is 6. The lowest BCUT2D eigenvalue weighted by Crippen LogP contribution is -2.37. The Balaban J connectivity index is 2.31. The molecule has 1 fully saturated rings. The van der Waals surface area contributed by atoms with Gasteiger partial charge in [-0.3, -0.25) is 9.69 Å². The van der Waals surface area contributed by atoms with Gasteiger partial charge in [-0.25, -0.2) is 0 Å². The molecule has 88 valence electrons. The van der Waals surface area contributed by atoms with Crippen LogP contribution in [-0.2, 0) is 9.53 Å². The Morgan fingerprint density at radius 3 is 2.93 bits per heavy atom. The Kier molecular flexibility index (Phi) is 5.65. The number of carboxylic acid groups (broad SMARTS) is 1. The smallest absolute Gasteiger partial charge is 0.317 e. The van der Waals surface area contributed by atoms with Gasteiger partial charge >= 0.3 is 5.97 Å². The minimum Gasteiger partial charge on any atom is -0.480 e. The van der Waals surface area contributed by atoms with Gasteiger partial charge in [0.25, 0.3) is 0 Å². The van der Waals surface area contributed by atoms with Gasteiger partial charge in [-0.15, -0.1) is 0 Å². The molecule has 1 unspecified atom stereocenters. The number of aliphatic carboxylic acids is 1.